The number of ketones is 1. The number of hydrogen-bond acceptors (Lipinski definition) is 6. The van der Waals surface area contributed by atoms with E-state index < -0.39 is 28.4 Å². The fraction of sp³-hybridized carbons (Fsp3) is 0.565. The van der Waals surface area contributed by atoms with Gasteiger partial charge in [-0.25, -0.2) is 0 Å². The number of rotatable bonds is 13. The van der Waals surface area contributed by atoms with Crippen molar-refractivity contribution >= 4 is 17.4 Å². The number of nitrogens with zero attached hydrogens (tertiary/aromatic N) is 3. The van der Waals surface area contributed by atoms with Gasteiger partial charge in [-0.3, -0.25) is 19.7 Å². The van der Waals surface area contributed by atoms with Crippen LogP contribution in [0.15, 0.2) is 35.6 Å². The predicted octanol–water partition coefficient (Wildman–Crippen LogP) is 4.17. The quantitative estimate of drug-likeness (QED) is 0.371. The molecule has 0 aliphatic carbocycles. The van der Waals surface area contributed by atoms with Gasteiger partial charge >= 0.3 is 0 Å². The minimum atomic E-state index is -0.952. The third-order valence-corrected chi connectivity index (χ3v) is 5.64. The minimum absolute atomic E-state index is 0.0758. The van der Waals surface area contributed by atoms with Gasteiger partial charge in [0.15, 0.2) is 11.5 Å². The second kappa shape index (κ2) is 11.6. The van der Waals surface area contributed by atoms with E-state index in [1.807, 2.05) is 0 Å². The van der Waals surface area contributed by atoms with Crippen LogP contribution in [0.25, 0.3) is 0 Å². The summed E-state index contributed by atoms with van der Waals surface area (Å²) >= 11 is 0. The molecule has 1 atom stereocenters. The normalized spacial score (nSPS) is 16.5. The Hall–Kier alpha value is -2.74. The Kier molecular flexibility index (Phi) is 9.18. The summed E-state index contributed by atoms with van der Waals surface area (Å²) < 4.78 is 0. The Balaban J connectivity index is 2.26. The van der Waals surface area contributed by atoms with Crippen LogP contribution in [-0.2, 0) is 9.59 Å². The van der Waals surface area contributed by atoms with E-state index in [-0.39, 0.29) is 16.8 Å². The van der Waals surface area contributed by atoms with E-state index in [0.717, 1.165) is 45.3 Å². The summed E-state index contributed by atoms with van der Waals surface area (Å²) in [6.07, 6.45) is 5.05. The van der Waals surface area contributed by atoms with Crippen molar-refractivity contribution in [1.82, 2.24) is 9.80 Å². The van der Waals surface area contributed by atoms with E-state index in [1.54, 1.807) is 18.2 Å². The molecule has 1 unspecified atom stereocenters. The van der Waals surface area contributed by atoms with Crippen LogP contribution in [0.2, 0.25) is 0 Å². The number of Topliss-reactive ketones (excluding diaryl/α,β-unsaturated/α-hetero) is 1. The first kappa shape index (κ1) is 24.5. The number of amides is 1. The predicted molar refractivity (Wildman–Crippen MR) is 119 cm³/mol. The summed E-state index contributed by atoms with van der Waals surface area (Å²) in [5.74, 6) is -1.73. The van der Waals surface area contributed by atoms with Gasteiger partial charge < -0.3 is 14.9 Å². The van der Waals surface area contributed by atoms with Crippen molar-refractivity contribution in [3.63, 3.8) is 0 Å². The maximum atomic E-state index is 12.8. The molecular formula is C23H33N3O5. The first-order valence-electron chi connectivity index (χ1n) is 11.0. The minimum Gasteiger partial charge on any atom is -0.503 e. The van der Waals surface area contributed by atoms with Crippen LogP contribution in [0, 0.1) is 10.1 Å². The standard InChI is InChI=1S/C23H33N3O5/c1-4-6-13-24(14-7-5-2)15-10-16-25-21(20(17(3)27)22(28)23(25)29)18-11-8-9-12-19(18)26(30)31/h8-9,11-12,21,28H,4-7,10,13-16H2,1-3H3. The zero-order chi connectivity index (χ0) is 23.0. The third-order valence-electron chi connectivity index (χ3n) is 5.64. The molecule has 1 amide bonds. The summed E-state index contributed by atoms with van der Waals surface area (Å²) in [7, 11) is 0. The van der Waals surface area contributed by atoms with Crippen molar-refractivity contribution < 1.29 is 19.6 Å². The summed E-state index contributed by atoms with van der Waals surface area (Å²) in [4.78, 5) is 39.8. The van der Waals surface area contributed by atoms with Crippen LogP contribution in [0.3, 0.4) is 0 Å². The van der Waals surface area contributed by atoms with Crippen molar-refractivity contribution in [1.29, 1.82) is 0 Å². The van der Waals surface area contributed by atoms with Gasteiger partial charge in [0, 0.05) is 12.6 Å². The van der Waals surface area contributed by atoms with Crippen molar-refractivity contribution in [2.24, 2.45) is 0 Å². The van der Waals surface area contributed by atoms with E-state index in [4.69, 9.17) is 0 Å². The van der Waals surface area contributed by atoms with Gasteiger partial charge in [0.25, 0.3) is 11.6 Å². The topological polar surface area (TPSA) is 104 Å². The Morgan fingerprint density at radius 1 is 1.13 bits per heavy atom. The first-order valence-corrected chi connectivity index (χ1v) is 11.0. The zero-order valence-electron chi connectivity index (χ0n) is 18.7. The highest BCUT2D eigenvalue weighted by atomic mass is 16.6. The highest BCUT2D eigenvalue weighted by Gasteiger charge is 2.44. The monoisotopic (exact) mass is 431 g/mol. The number of unbranched alkanes of at least 4 members (excludes halogenated alkanes) is 2. The fourth-order valence-electron chi connectivity index (χ4n) is 4.02. The SMILES string of the molecule is CCCCN(CCCC)CCCN1C(=O)C(O)=C(C(C)=O)C1c1ccccc1[N+](=O)[O-]. The number of aliphatic hydroxyl groups excluding tert-OH is 1. The van der Waals surface area contributed by atoms with Crippen LogP contribution in [0.5, 0.6) is 0 Å². The molecule has 1 aliphatic heterocycles. The average Bonchev–Trinajstić information content (AvgIpc) is 3.00. The Morgan fingerprint density at radius 2 is 1.71 bits per heavy atom. The van der Waals surface area contributed by atoms with Gasteiger partial charge in [0.1, 0.15) is 0 Å². The van der Waals surface area contributed by atoms with E-state index in [0.29, 0.717) is 13.0 Å². The summed E-state index contributed by atoms with van der Waals surface area (Å²) in [5, 5.41) is 21.9. The molecule has 8 nitrogen and oxygen atoms in total. The molecular weight excluding hydrogens is 398 g/mol. The lowest BCUT2D eigenvalue weighted by Gasteiger charge is -2.28. The molecule has 0 saturated carbocycles. The molecule has 0 saturated heterocycles. The number of hydrogen-bond donors (Lipinski definition) is 1. The largest absolute Gasteiger partial charge is 0.503 e. The second-order valence-electron chi connectivity index (χ2n) is 7.94. The maximum Gasteiger partial charge on any atom is 0.290 e. The molecule has 8 heteroatoms. The first-order chi connectivity index (χ1) is 14.8. The molecule has 0 fully saturated rings. The number of para-hydroxylation sites is 1. The van der Waals surface area contributed by atoms with E-state index >= 15 is 0 Å². The Bertz CT molecular complexity index is 828. The maximum absolute atomic E-state index is 12.8. The van der Waals surface area contributed by atoms with Crippen LogP contribution in [-0.4, -0.2) is 57.7 Å². The van der Waals surface area contributed by atoms with Crippen molar-refractivity contribution in [2.45, 2.75) is 58.9 Å². The van der Waals surface area contributed by atoms with Gasteiger partial charge in [0.2, 0.25) is 0 Å². The fourth-order valence-corrected chi connectivity index (χ4v) is 4.02. The summed E-state index contributed by atoms with van der Waals surface area (Å²) in [6.45, 7) is 8.61. The lowest BCUT2D eigenvalue weighted by Crippen LogP contribution is -2.35. The molecule has 1 N–H and O–H groups in total. The van der Waals surface area contributed by atoms with Crippen LogP contribution in [0.1, 0.15) is 64.5 Å². The molecule has 170 valence electrons. The Morgan fingerprint density at radius 3 is 2.26 bits per heavy atom. The molecule has 0 bridgehead atoms. The number of benzene rings is 1. The van der Waals surface area contributed by atoms with E-state index in [1.165, 1.54) is 17.9 Å². The molecule has 1 aromatic carbocycles. The number of carbonyl (C=O) groups is 2. The van der Waals surface area contributed by atoms with Gasteiger partial charge in [0.05, 0.1) is 22.1 Å². The lowest BCUT2D eigenvalue weighted by atomic mass is 9.95. The van der Waals surface area contributed by atoms with Crippen LogP contribution in [0.4, 0.5) is 5.69 Å². The van der Waals surface area contributed by atoms with Crippen molar-refractivity contribution in [3.8, 4) is 0 Å². The molecule has 1 aliphatic rings. The molecule has 31 heavy (non-hydrogen) atoms. The molecule has 2 rings (SSSR count). The smallest absolute Gasteiger partial charge is 0.290 e. The van der Waals surface area contributed by atoms with E-state index in [9.17, 15) is 24.8 Å². The molecule has 0 radical (unpaired) electrons. The highest BCUT2D eigenvalue weighted by molar-refractivity contribution is 6.08. The zero-order valence-corrected chi connectivity index (χ0v) is 18.7. The number of carbonyl (C=O) groups excluding carboxylic acids is 2. The molecule has 0 aromatic heterocycles. The van der Waals surface area contributed by atoms with Crippen molar-refractivity contribution in [2.75, 3.05) is 26.2 Å². The van der Waals surface area contributed by atoms with Crippen LogP contribution < -0.4 is 0 Å². The molecule has 0 spiro atoms. The van der Waals surface area contributed by atoms with Gasteiger partial charge in [-0.1, -0.05) is 38.8 Å². The molecule has 1 heterocycles. The summed E-state index contributed by atoms with van der Waals surface area (Å²) in [6, 6.07) is 5.11. The van der Waals surface area contributed by atoms with Gasteiger partial charge in [-0.05, 0) is 51.9 Å². The number of nitro benzene ring substituents is 1. The molecule has 1 aromatic rings. The number of aliphatic hydroxyl groups is 1. The summed E-state index contributed by atoms with van der Waals surface area (Å²) in [5.41, 5.74) is -0.0108. The van der Waals surface area contributed by atoms with E-state index in [2.05, 4.69) is 18.7 Å². The van der Waals surface area contributed by atoms with Gasteiger partial charge in [-0.15, -0.1) is 0 Å². The number of nitro groups is 1. The van der Waals surface area contributed by atoms with Gasteiger partial charge in [-0.2, -0.15) is 0 Å². The van der Waals surface area contributed by atoms with Crippen molar-refractivity contribution in [3.05, 3.63) is 51.3 Å². The Labute approximate surface area is 183 Å². The lowest BCUT2D eigenvalue weighted by molar-refractivity contribution is -0.385. The average molecular weight is 432 g/mol. The highest BCUT2D eigenvalue weighted by Crippen LogP contribution is 2.41. The third kappa shape index (κ3) is 5.91. The second-order valence-corrected chi connectivity index (χ2v) is 7.94. The van der Waals surface area contributed by atoms with Crippen LogP contribution >= 0.6 is 0 Å².